The van der Waals surface area contributed by atoms with Gasteiger partial charge in [-0.3, -0.25) is 4.79 Å². The Balaban J connectivity index is 1.41. The molecule has 140 valence electrons. The Morgan fingerprint density at radius 1 is 1.30 bits per heavy atom. The number of nitrogens with zero attached hydrogens (tertiary/aromatic N) is 1. The van der Waals surface area contributed by atoms with Crippen molar-refractivity contribution in [2.24, 2.45) is 0 Å². The molecule has 0 saturated heterocycles. The second-order valence-electron chi connectivity index (χ2n) is 6.31. The fourth-order valence-corrected chi connectivity index (χ4v) is 4.45. The predicted molar refractivity (Wildman–Crippen MR) is 98.6 cm³/mol. The summed E-state index contributed by atoms with van der Waals surface area (Å²) in [5, 5.41) is 0.666. The van der Waals surface area contributed by atoms with E-state index in [2.05, 4.69) is 9.97 Å². The summed E-state index contributed by atoms with van der Waals surface area (Å²) in [5.74, 6) is -0.545. The van der Waals surface area contributed by atoms with Gasteiger partial charge in [0.05, 0.1) is 5.39 Å². The van der Waals surface area contributed by atoms with Gasteiger partial charge in [-0.25, -0.2) is 14.2 Å². The molecule has 2 aromatic heterocycles. The minimum atomic E-state index is -0.632. The largest absolute Gasteiger partial charge is 0.482 e. The molecule has 0 unspecified atom stereocenters. The number of carbonyl (C=O) groups is 1. The van der Waals surface area contributed by atoms with Crippen LogP contribution in [0.25, 0.3) is 10.2 Å². The van der Waals surface area contributed by atoms with E-state index < -0.39 is 11.8 Å². The fraction of sp³-hybridized carbons (Fsp3) is 0.316. The molecule has 6 nitrogen and oxygen atoms in total. The smallest absolute Gasteiger partial charge is 0.344 e. The topological polar surface area (TPSA) is 81.3 Å². The number of hydrogen-bond donors (Lipinski definition) is 1. The molecule has 0 spiro atoms. The van der Waals surface area contributed by atoms with E-state index in [4.69, 9.17) is 9.47 Å². The summed E-state index contributed by atoms with van der Waals surface area (Å²) in [6, 6.07) is 5.49. The molecule has 0 saturated carbocycles. The van der Waals surface area contributed by atoms with Crippen molar-refractivity contribution in [2.45, 2.75) is 32.3 Å². The van der Waals surface area contributed by atoms with E-state index in [1.807, 2.05) is 0 Å². The van der Waals surface area contributed by atoms with Crippen LogP contribution in [-0.4, -0.2) is 22.5 Å². The number of hydrogen-bond acceptors (Lipinski definition) is 6. The molecular formula is C19H17FN2O4S. The van der Waals surface area contributed by atoms with E-state index in [0.717, 1.165) is 31.2 Å². The van der Waals surface area contributed by atoms with Crippen LogP contribution in [-0.2, 0) is 29.0 Å². The summed E-state index contributed by atoms with van der Waals surface area (Å²) in [4.78, 5) is 33.3. The summed E-state index contributed by atoms with van der Waals surface area (Å²) in [5.41, 5.74) is 0.920. The number of ether oxygens (including phenoxy) is 2. The zero-order valence-corrected chi connectivity index (χ0v) is 15.2. The van der Waals surface area contributed by atoms with Crippen LogP contribution in [0, 0.1) is 5.82 Å². The quantitative estimate of drug-likeness (QED) is 0.679. The number of aromatic amines is 1. The van der Waals surface area contributed by atoms with Crippen molar-refractivity contribution in [1.29, 1.82) is 0 Å². The third-order valence-electron chi connectivity index (χ3n) is 4.40. The van der Waals surface area contributed by atoms with Crippen LogP contribution in [0.1, 0.15) is 29.1 Å². The monoisotopic (exact) mass is 388 g/mol. The molecule has 27 heavy (non-hydrogen) atoms. The molecule has 2 heterocycles. The number of fused-ring (bicyclic) bond motifs is 3. The van der Waals surface area contributed by atoms with Crippen LogP contribution in [0.2, 0.25) is 0 Å². The van der Waals surface area contributed by atoms with Crippen molar-refractivity contribution >= 4 is 27.5 Å². The highest BCUT2D eigenvalue weighted by atomic mass is 32.1. The molecule has 8 heteroatoms. The van der Waals surface area contributed by atoms with E-state index in [9.17, 15) is 14.0 Å². The number of nitrogens with one attached hydrogen (secondary N) is 1. The number of aromatic nitrogens is 2. The van der Waals surface area contributed by atoms with Crippen LogP contribution < -0.4 is 10.3 Å². The minimum Gasteiger partial charge on any atom is -0.482 e. The van der Waals surface area contributed by atoms with E-state index in [0.29, 0.717) is 16.0 Å². The third-order valence-corrected chi connectivity index (χ3v) is 5.58. The van der Waals surface area contributed by atoms with Crippen LogP contribution in [0.15, 0.2) is 29.1 Å². The van der Waals surface area contributed by atoms with Gasteiger partial charge >= 0.3 is 5.97 Å². The van der Waals surface area contributed by atoms with Gasteiger partial charge in [-0.05, 0) is 43.4 Å². The van der Waals surface area contributed by atoms with Crippen molar-refractivity contribution in [3.63, 3.8) is 0 Å². The van der Waals surface area contributed by atoms with E-state index >= 15 is 0 Å². The average Bonchev–Trinajstić information content (AvgIpc) is 3.03. The van der Waals surface area contributed by atoms with Crippen molar-refractivity contribution in [2.75, 3.05) is 6.61 Å². The van der Waals surface area contributed by atoms with Gasteiger partial charge in [-0.15, -0.1) is 11.3 Å². The number of benzene rings is 1. The molecular weight excluding hydrogens is 371 g/mol. The van der Waals surface area contributed by atoms with Gasteiger partial charge in [0, 0.05) is 10.9 Å². The zero-order chi connectivity index (χ0) is 18.8. The molecule has 0 fully saturated rings. The second-order valence-corrected chi connectivity index (χ2v) is 7.39. The summed E-state index contributed by atoms with van der Waals surface area (Å²) in [7, 11) is 0. The first kappa shape index (κ1) is 17.7. The number of rotatable bonds is 5. The Morgan fingerprint density at radius 2 is 2.15 bits per heavy atom. The van der Waals surface area contributed by atoms with Crippen LogP contribution >= 0.6 is 11.3 Å². The second kappa shape index (κ2) is 7.48. The standard InChI is InChI=1S/C19H17FN2O4S/c20-11-4-3-5-12(8-11)25-10-16(23)26-9-15-21-18(24)17-13-6-1-2-7-14(13)27-19(17)22-15/h3-5,8H,1-2,6-7,9-10H2,(H,21,22,24). The fourth-order valence-electron chi connectivity index (χ4n) is 3.17. The van der Waals surface area contributed by atoms with Crippen molar-refractivity contribution < 1.29 is 18.7 Å². The maximum atomic E-state index is 13.1. The Kier molecular flexibility index (Phi) is 4.89. The summed E-state index contributed by atoms with van der Waals surface area (Å²) in [6.07, 6.45) is 4.11. The molecule has 0 radical (unpaired) electrons. The molecule has 0 bridgehead atoms. The zero-order valence-electron chi connectivity index (χ0n) is 14.4. The van der Waals surface area contributed by atoms with E-state index in [1.54, 1.807) is 6.07 Å². The number of halogens is 1. The molecule has 1 aliphatic carbocycles. The summed E-state index contributed by atoms with van der Waals surface area (Å²) >= 11 is 1.54. The normalized spacial score (nSPS) is 13.4. The van der Waals surface area contributed by atoms with Gasteiger partial charge < -0.3 is 14.5 Å². The van der Waals surface area contributed by atoms with Gasteiger partial charge in [-0.2, -0.15) is 0 Å². The van der Waals surface area contributed by atoms with E-state index in [1.165, 1.54) is 34.4 Å². The third kappa shape index (κ3) is 3.85. The van der Waals surface area contributed by atoms with Gasteiger partial charge in [0.1, 0.15) is 28.8 Å². The Hall–Kier alpha value is -2.74. The number of esters is 1. The van der Waals surface area contributed by atoms with Crippen molar-refractivity contribution in [3.8, 4) is 5.75 Å². The van der Waals surface area contributed by atoms with Crippen LogP contribution in [0.4, 0.5) is 4.39 Å². The molecule has 3 aromatic rings. The SMILES string of the molecule is O=C(COc1cccc(F)c1)OCc1nc2sc3c(c2c(=O)[nH]1)CCCC3. The Labute approximate surface area is 158 Å². The lowest BCUT2D eigenvalue weighted by molar-refractivity contribution is -0.147. The van der Waals surface area contributed by atoms with Crippen molar-refractivity contribution in [1.82, 2.24) is 9.97 Å². The number of carbonyl (C=O) groups excluding carboxylic acids is 1. The molecule has 1 aliphatic rings. The van der Waals surface area contributed by atoms with Gasteiger partial charge in [-0.1, -0.05) is 6.07 Å². The summed E-state index contributed by atoms with van der Waals surface area (Å²) < 4.78 is 23.4. The lowest BCUT2D eigenvalue weighted by Crippen LogP contribution is -2.18. The maximum absolute atomic E-state index is 13.1. The van der Waals surface area contributed by atoms with Gasteiger partial charge in [0.15, 0.2) is 6.61 Å². The average molecular weight is 388 g/mol. The van der Waals surface area contributed by atoms with Crippen molar-refractivity contribution in [3.05, 3.63) is 56.7 Å². The van der Waals surface area contributed by atoms with Crippen LogP contribution in [0.5, 0.6) is 5.75 Å². The van der Waals surface area contributed by atoms with Gasteiger partial charge in [0.2, 0.25) is 0 Å². The first-order valence-corrected chi connectivity index (χ1v) is 9.49. The molecule has 0 amide bonds. The number of aryl methyl sites for hydroxylation is 2. The van der Waals surface area contributed by atoms with Crippen LogP contribution in [0.3, 0.4) is 0 Å². The molecule has 0 atom stereocenters. The molecule has 1 aromatic carbocycles. The first-order valence-electron chi connectivity index (χ1n) is 8.67. The first-order chi connectivity index (χ1) is 13.1. The summed E-state index contributed by atoms with van der Waals surface area (Å²) in [6.45, 7) is -0.512. The van der Waals surface area contributed by atoms with Gasteiger partial charge in [0.25, 0.3) is 5.56 Å². The molecule has 4 rings (SSSR count). The highest BCUT2D eigenvalue weighted by Gasteiger charge is 2.20. The highest BCUT2D eigenvalue weighted by molar-refractivity contribution is 7.18. The highest BCUT2D eigenvalue weighted by Crippen LogP contribution is 2.33. The number of thiophene rings is 1. The lowest BCUT2D eigenvalue weighted by atomic mass is 9.97. The van der Waals surface area contributed by atoms with E-state index in [-0.39, 0.29) is 24.5 Å². The Morgan fingerprint density at radius 3 is 3.00 bits per heavy atom. The Bertz CT molecular complexity index is 1060. The predicted octanol–water partition coefficient (Wildman–Crippen LogP) is 3.12. The molecule has 1 N–H and O–H groups in total. The number of H-pyrrole nitrogens is 1. The maximum Gasteiger partial charge on any atom is 0.344 e. The minimum absolute atomic E-state index is 0.154. The lowest BCUT2D eigenvalue weighted by Gasteiger charge is -2.09. The molecule has 0 aliphatic heterocycles.